The van der Waals surface area contributed by atoms with Crippen LogP contribution in [0.15, 0.2) is 28.7 Å². The highest BCUT2D eigenvalue weighted by Crippen LogP contribution is 2.38. The third-order valence-corrected chi connectivity index (χ3v) is 4.59. The molecule has 1 saturated heterocycles. The molecular weight excluding hydrogens is 302 g/mol. The number of likely N-dealkylation sites (tertiary alicyclic amines) is 1. The zero-order chi connectivity index (χ0) is 13.5. The van der Waals surface area contributed by atoms with Gasteiger partial charge < -0.3 is 5.32 Å². The Kier molecular flexibility index (Phi) is 3.28. The van der Waals surface area contributed by atoms with Gasteiger partial charge in [0, 0.05) is 35.2 Å². The standard InChI is InChI=1S/C15H18BrN3/c1-11-8-15(9-17,10-19(11)14-5-6-14)18-13-4-2-3-12(16)7-13/h2-4,7,11,14,18H,5-6,8,10H2,1H3. The van der Waals surface area contributed by atoms with Crippen LogP contribution in [0.4, 0.5) is 5.69 Å². The third-order valence-electron chi connectivity index (χ3n) is 4.10. The van der Waals surface area contributed by atoms with E-state index < -0.39 is 5.54 Å². The molecule has 1 aromatic carbocycles. The van der Waals surface area contributed by atoms with E-state index >= 15 is 0 Å². The number of nitrogens with one attached hydrogen (secondary N) is 1. The van der Waals surface area contributed by atoms with E-state index in [0.29, 0.717) is 6.04 Å². The van der Waals surface area contributed by atoms with Crippen molar-refractivity contribution in [2.75, 3.05) is 11.9 Å². The highest BCUT2D eigenvalue weighted by atomic mass is 79.9. The van der Waals surface area contributed by atoms with Crippen molar-refractivity contribution in [2.24, 2.45) is 0 Å². The molecule has 0 bridgehead atoms. The van der Waals surface area contributed by atoms with E-state index in [2.05, 4.69) is 39.1 Å². The van der Waals surface area contributed by atoms with Crippen LogP contribution in [-0.4, -0.2) is 29.1 Å². The molecule has 3 nitrogen and oxygen atoms in total. The van der Waals surface area contributed by atoms with Crippen LogP contribution in [0.2, 0.25) is 0 Å². The molecule has 1 heterocycles. The molecule has 2 atom stereocenters. The van der Waals surface area contributed by atoms with E-state index in [9.17, 15) is 5.26 Å². The Morgan fingerprint density at radius 1 is 1.47 bits per heavy atom. The van der Waals surface area contributed by atoms with Crippen molar-refractivity contribution in [3.63, 3.8) is 0 Å². The maximum absolute atomic E-state index is 9.63. The SMILES string of the molecule is CC1CC(C#N)(Nc2cccc(Br)c2)CN1C1CC1. The van der Waals surface area contributed by atoms with Gasteiger partial charge in [-0.25, -0.2) is 0 Å². The van der Waals surface area contributed by atoms with Crippen molar-refractivity contribution in [1.82, 2.24) is 4.90 Å². The maximum Gasteiger partial charge on any atom is 0.139 e. The lowest BCUT2D eigenvalue weighted by molar-refractivity contribution is 0.255. The molecule has 1 aliphatic carbocycles. The van der Waals surface area contributed by atoms with Crippen LogP contribution < -0.4 is 5.32 Å². The highest BCUT2D eigenvalue weighted by Gasteiger charge is 2.47. The van der Waals surface area contributed by atoms with Gasteiger partial charge in [0.15, 0.2) is 0 Å². The van der Waals surface area contributed by atoms with E-state index in [0.717, 1.165) is 29.2 Å². The minimum Gasteiger partial charge on any atom is -0.366 e. The topological polar surface area (TPSA) is 39.1 Å². The normalized spacial score (nSPS) is 31.1. The molecule has 100 valence electrons. The van der Waals surface area contributed by atoms with E-state index in [-0.39, 0.29) is 0 Å². The summed E-state index contributed by atoms with van der Waals surface area (Å²) >= 11 is 3.47. The smallest absolute Gasteiger partial charge is 0.139 e. The van der Waals surface area contributed by atoms with Crippen molar-refractivity contribution in [2.45, 2.75) is 43.8 Å². The van der Waals surface area contributed by atoms with Gasteiger partial charge >= 0.3 is 0 Å². The number of halogens is 1. The summed E-state index contributed by atoms with van der Waals surface area (Å²) in [6, 6.07) is 11.8. The molecule has 3 rings (SSSR count). The molecule has 1 saturated carbocycles. The fourth-order valence-corrected chi connectivity index (χ4v) is 3.49. The quantitative estimate of drug-likeness (QED) is 0.928. The molecule has 4 heteroatoms. The molecule has 0 aromatic heterocycles. The van der Waals surface area contributed by atoms with Crippen molar-refractivity contribution < 1.29 is 0 Å². The molecule has 1 N–H and O–H groups in total. The van der Waals surface area contributed by atoms with Crippen LogP contribution in [0, 0.1) is 11.3 Å². The molecule has 1 aromatic rings. The van der Waals surface area contributed by atoms with Gasteiger partial charge in [-0.15, -0.1) is 0 Å². The number of nitriles is 1. The molecule has 0 radical (unpaired) electrons. The van der Waals surface area contributed by atoms with Gasteiger partial charge in [0.05, 0.1) is 6.07 Å². The summed E-state index contributed by atoms with van der Waals surface area (Å²) in [5, 5.41) is 13.1. The number of benzene rings is 1. The van der Waals surface area contributed by atoms with E-state index in [1.165, 1.54) is 12.8 Å². The van der Waals surface area contributed by atoms with Crippen molar-refractivity contribution >= 4 is 21.6 Å². The summed E-state index contributed by atoms with van der Waals surface area (Å²) in [6.45, 7) is 3.07. The first-order chi connectivity index (χ1) is 9.12. The molecular formula is C15H18BrN3. The second-order valence-corrected chi connectivity index (χ2v) is 6.70. The Morgan fingerprint density at radius 3 is 2.89 bits per heavy atom. The summed E-state index contributed by atoms with van der Waals surface area (Å²) in [5.41, 5.74) is 0.573. The molecule has 0 spiro atoms. The number of hydrogen-bond donors (Lipinski definition) is 1. The first-order valence-corrected chi connectivity index (χ1v) is 7.62. The second-order valence-electron chi connectivity index (χ2n) is 5.79. The predicted molar refractivity (Wildman–Crippen MR) is 79.9 cm³/mol. The van der Waals surface area contributed by atoms with Crippen LogP contribution in [-0.2, 0) is 0 Å². The first-order valence-electron chi connectivity index (χ1n) is 6.83. The van der Waals surface area contributed by atoms with Crippen LogP contribution in [0.1, 0.15) is 26.2 Å². The minimum atomic E-state index is -0.442. The Morgan fingerprint density at radius 2 is 2.26 bits per heavy atom. The summed E-state index contributed by atoms with van der Waals surface area (Å²) in [5.74, 6) is 0. The lowest BCUT2D eigenvalue weighted by Crippen LogP contribution is -2.40. The van der Waals surface area contributed by atoms with Crippen molar-refractivity contribution in [3.8, 4) is 6.07 Å². The average Bonchev–Trinajstić information content (AvgIpc) is 3.15. The van der Waals surface area contributed by atoms with Crippen LogP contribution in [0.25, 0.3) is 0 Å². The Labute approximate surface area is 122 Å². The van der Waals surface area contributed by atoms with E-state index in [1.807, 2.05) is 24.3 Å². The van der Waals surface area contributed by atoms with Gasteiger partial charge in [0.2, 0.25) is 0 Å². The van der Waals surface area contributed by atoms with Gasteiger partial charge in [-0.05, 0) is 38.0 Å². The highest BCUT2D eigenvalue weighted by molar-refractivity contribution is 9.10. The van der Waals surface area contributed by atoms with Crippen LogP contribution in [0.5, 0.6) is 0 Å². The zero-order valence-corrected chi connectivity index (χ0v) is 12.7. The summed E-state index contributed by atoms with van der Waals surface area (Å²) in [6.07, 6.45) is 3.48. The number of anilines is 1. The minimum absolute atomic E-state index is 0.442. The Hall–Kier alpha value is -1.05. The van der Waals surface area contributed by atoms with Gasteiger partial charge in [-0.2, -0.15) is 5.26 Å². The number of nitrogens with zero attached hydrogens (tertiary/aromatic N) is 2. The van der Waals surface area contributed by atoms with Gasteiger partial charge in [0.25, 0.3) is 0 Å². The second kappa shape index (κ2) is 4.81. The predicted octanol–water partition coefficient (Wildman–Crippen LogP) is 3.38. The zero-order valence-electron chi connectivity index (χ0n) is 11.1. The Balaban J connectivity index is 1.79. The molecule has 1 aliphatic heterocycles. The fourth-order valence-electron chi connectivity index (χ4n) is 3.09. The first kappa shape index (κ1) is 13.0. The molecule has 2 fully saturated rings. The van der Waals surface area contributed by atoms with Crippen molar-refractivity contribution in [1.29, 1.82) is 5.26 Å². The average molecular weight is 320 g/mol. The lowest BCUT2D eigenvalue weighted by atomic mass is 9.98. The monoisotopic (exact) mass is 319 g/mol. The molecule has 2 unspecified atom stereocenters. The van der Waals surface area contributed by atoms with Crippen LogP contribution >= 0.6 is 15.9 Å². The van der Waals surface area contributed by atoms with E-state index in [4.69, 9.17) is 0 Å². The summed E-state index contributed by atoms with van der Waals surface area (Å²) in [7, 11) is 0. The fraction of sp³-hybridized carbons (Fsp3) is 0.533. The van der Waals surface area contributed by atoms with E-state index in [1.54, 1.807) is 0 Å². The molecule has 0 amide bonds. The van der Waals surface area contributed by atoms with Gasteiger partial charge in [-0.1, -0.05) is 22.0 Å². The van der Waals surface area contributed by atoms with Gasteiger partial charge in [0.1, 0.15) is 5.54 Å². The molecule has 2 aliphatic rings. The number of hydrogen-bond acceptors (Lipinski definition) is 3. The number of rotatable bonds is 3. The third kappa shape index (κ3) is 2.63. The van der Waals surface area contributed by atoms with Crippen LogP contribution in [0.3, 0.4) is 0 Å². The maximum atomic E-state index is 9.63. The summed E-state index contributed by atoms with van der Waals surface area (Å²) in [4.78, 5) is 2.49. The Bertz CT molecular complexity index is 520. The summed E-state index contributed by atoms with van der Waals surface area (Å²) < 4.78 is 1.04. The van der Waals surface area contributed by atoms with Crippen molar-refractivity contribution in [3.05, 3.63) is 28.7 Å². The lowest BCUT2D eigenvalue weighted by Gasteiger charge is -2.24. The van der Waals surface area contributed by atoms with Gasteiger partial charge in [-0.3, -0.25) is 4.90 Å². The largest absolute Gasteiger partial charge is 0.366 e. The molecule has 19 heavy (non-hydrogen) atoms.